The van der Waals surface area contributed by atoms with Crippen molar-refractivity contribution in [2.24, 2.45) is 0 Å². The number of amides is 1. The van der Waals surface area contributed by atoms with Gasteiger partial charge in [0.1, 0.15) is 0 Å². The lowest BCUT2D eigenvalue weighted by molar-refractivity contribution is -0.117. The van der Waals surface area contributed by atoms with E-state index in [9.17, 15) is 4.79 Å². The van der Waals surface area contributed by atoms with E-state index in [4.69, 9.17) is 4.74 Å². The summed E-state index contributed by atoms with van der Waals surface area (Å²) in [5, 5.41) is 2.14. The fraction of sp³-hybridized carbons (Fsp3) is 0.522. The van der Waals surface area contributed by atoms with Gasteiger partial charge in [0.25, 0.3) is 5.91 Å². The summed E-state index contributed by atoms with van der Waals surface area (Å²) < 4.78 is 6.34. The fourth-order valence-electron chi connectivity index (χ4n) is 4.45. The average molecular weight is 414 g/mol. The zero-order valence-electron chi connectivity index (χ0n) is 17.5. The number of thiophene rings is 1. The second-order valence-corrected chi connectivity index (χ2v) is 9.44. The third-order valence-corrected chi connectivity index (χ3v) is 6.94. The van der Waals surface area contributed by atoms with Gasteiger partial charge < -0.3 is 14.5 Å². The Bertz CT molecular complexity index is 823. The van der Waals surface area contributed by atoms with Crippen LogP contribution in [-0.2, 0) is 11.3 Å². The third-order valence-electron chi connectivity index (χ3n) is 6.08. The lowest BCUT2D eigenvalue weighted by Gasteiger charge is -2.42. The van der Waals surface area contributed by atoms with Gasteiger partial charge in [0.05, 0.1) is 12.2 Å². The van der Waals surface area contributed by atoms with E-state index >= 15 is 0 Å². The van der Waals surface area contributed by atoms with E-state index in [1.165, 1.54) is 4.88 Å². The number of nitrogens with zero attached hydrogens (tertiary/aromatic N) is 3. The molecule has 29 heavy (non-hydrogen) atoms. The third kappa shape index (κ3) is 4.82. The van der Waals surface area contributed by atoms with Gasteiger partial charge >= 0.3 is 0 Å². The Kier molecular flexibility index (Phi) is 6.23. The first kappa shape index (κ1) is 20.4. The molecule has 1 unspecified atom stereocenters. The van der Waals surface area contributed by atoms with Crippen LogP contribution >= 0.6 is 11.3 Å². The first-order valence-corrected chi connectivity index (χ1v) is 11.4. The summed E-state index contributed by atoms with van der Waals surface area (Å²) in [7, 11) is 4.00. The molecule has 0 N–H and O–H groups in total. The van der Waals surface area contributed by atoms with Gasteiger partial charge in [-0.25, -0.2) is 0 Å². The Morgan fingerprint density at radius 2 is 2.07 bits per heavy atom. The Hall–Kier alpha value is -1.89. The molecule has 1 aromatic carbocycles. The molecule has 1 amide bonds. The molecule has 156 valence electrons. The molecule has 1 atom stereocenters. The van der Waals surface area contributed by atoms with Crippen molar-refractivity contribution < 1.29 is 9.53 Å². The highest BCUT2D eigenvalue weighted by atomic mass is 32.1. The minimum atomic E-state index is -0.115. The van der Waals surface area contributed by atoms with E-state index in [0.717, 1.165) is 69.8 Å². The van der Waals surface area contributed by atoms with Crippen molar-refractivity contribution >= 4 is 22.9 Å². The lowest BCUT2D eigenvalue weighted by atomic mass is 9.92. The predicted octanol–water partition coefficient (Wildman–Crippen LogP) is 3.71. The highest BCUT2D eigenvalue weighted by Crippen LogP contribution is 2.31. The number of anilines is 1. The largest absolute Gasteiger partial charge is 0.378 e. The van der Waals surface area contributed by atoms with Crippen LogP contribution in [0.1, 0.15) is 34.5 Å². The van der Waals surface area contributed by atoms with Crippen LogP contribution in [0.5, 0.6) is 0 Å². The molecule has 0 saturated carbocycles. The zero-order chi connectivity index (χ0) is 20.3. The summed E-state index contributed by atoms with van der Waals surface area (Å²) in [5.41, 5.74) is 1.72. The second kappa shape index (κ2) is 8.86. The van der Waals surface area contributed by atoms with Gasteiger partial charge in [-0.1, -0.05) is 12.1 Å². The zero-order valence-corrected chi connectivity index (χ0v) is 18.3. The van der Waals surface area contributed by atoms with Crippen LogP contribution in [0, 0.1) is 0 Å². The first-order chi connectivity index (χ1) is 14.0. The number of ether oxygens (including phenoxy) is 1. The smallest absolute Gasteiger partial charge is 0.253 e. The fourth-order valence-corrected chi connectivity index (χ4v) is 5.20. The number of benzene rings is 1. The molecule has 5 nitrogen and oxygen atoms in total. The van der Waals surface area contributed by atoms with Crippen LogP contribution in [0.2, 0.25) is 0 Å². The second-order valence-electron chi connectivity index (χ2n) is 8.41. The minimum absolute atomic E-state index is 0.115. The summed E-state index contributed by atoms with van der Waals surface area (Å²) in [6, 6.07) is 12.2. The maximum absolute atomic E-state index is 13.1. The summed E-state index contributed by atoms with van der Waals surface area (Å²) in [5.74, 6) is 0.136. The maximum Gasteiger partial charge on any atom is 0.253 e. The monoisotopic (exact) mass is 413 g/mol. The topological polar surface area (TPSA) is 36.0 Å². The number of hydrogen-bond donors (Lipinski definition) is 0. The van der Waals surface area contributed by atoms with Crippen LogP contribution in [0.3, 0.4) is 0 Å². The van der Waals surface area contributed by atoms with Crippen LogP contribution in [0.4, 0.5) is 5.69 Å². The van der Waals surface area contributed by atoms with Crippen molar-refractivity contribution in [2.45, 2.75) is 31.4 Å². The molecule has 0 radical (unpaired) electrons. The number of likely N-dealkylation sites (tertiary alicyclic amines) is 1. The number of rotatable bonds is 4. The van der Waals surface area contributed by atoms with Gasteiger partial charge in [-0.2, -0.15) is 0 Å². The average Bonchev–Trinajstić information content (AvgIpc) is 3.15. The Morgan fingerprint density at radius 1 is 1.17 bits per heavy atom. The molecule has 1 spiro atoms. The van der Waals surface area contributed by atoms with Gasteiger partial charge in [0.2, 0.25) is 0 Å². The van der Waals surface area contributed by atoms with E-state index in [-0.39, 0.29) is 11.5 Å². The molecule has 3 heterocycles. The predicted molar refractivity (Wildman–Crippen MR) is 119 cm³/mol. The number of morpholine rings is 1. The van der Waals surface area contributed by atoms with E-state index in [0.29, 0.717) is 0 Å². The van der Waals surface area contributed by atoms with E-state index in [2.05, 4.69) is 22.4 Å². The van der Waals surface area contributed by atoms with Crippen molar-refractivity contribution in [3.63, 3.8) is 0 Å². The molecule has 2 aliphatic rings. The summed E-state index contributed by atoms with van der Waals surface area (Å²) in [6.07, 6.45) is 2.93. The van der Waals surface area contributed by atoms with E-state index < -0.39 is 0 Å². The molecular formula is C23H31N3O2S. The number of carbonyl (C=O) groups is 1. The number of hydrogen-bond acceptors (Lipinski definition) is 5. The SMILES string of the molecule is CN(C)c1cccc(C(=O)N2CCCC3(CC2)CN(Cc2cccs2)CCO3)c1. The minimum Gasteiger partial charge on any atom is -0.378 e. The highest BCUT2D eigenvalue weighted by Gasteiger charge is 2.39. The van der Waals surface area contributed by atoms with Crippen LogP contribution < -0.4 is 4.90 Å². The van der Waals surface area contributed by atoms with Crippen molar-refractivity contribution in [3.05, 3.63) is 52.2 Å². The van der Waals surface area contributed by atoms with Gasteiger partial charge in [-0.3, -0.25) is 9.69 Å². The Balaban J connectivity index is 1.41. The summed E-state index contributed by atoms with van der Waals surface area (Å²) in [6.45, 7) is 5.30. The Morgan fingerprint density at radius 3 is 2.86 bits per heavy atom. The standard InChI is InChI=1S/C23H31N3O2S/c1-24(2)20-7-3-6-19(16-20)22(27)26-11-5-9-23(10-12-26)18-25(13-14-28-23)17-21-8-4-15-29-21/h3-4,6-8,15-16H,5,9-14,17-18H2,1-2H3. The van der Waals surface area contributed by atoms with Crippen LogP contribution in [0.15, 0.2) is 41.8 Å². The molecule has 6 heteroatoms. The van der Waals surface area contributed by atoms with Crippen molar-refractivity contribution in [3.8, 4) is 0 Å². The van der Waals surface area contributed by atoms with Gasteiger partial charge in [0, 0.05) is 62.9 Å². The molecule has 1 aromatic heterocycles. The first-order valence-electron chi connectivity index (χ1n) is 10.5. The maximum atomic E-state index is 13.1. The molecule has 4 rings (SSSR count). The molecule has 2 aromatic rings. The molecular weight excluding hydrogens is 382 g/mol. The molecule has 0 aliphatic carbocycles. The summed E-state index contributed by atoms with van der Waals surface area (Å²) >= 11 is 1.82. The number of carbonyl (C=O) groups excluding carboxylic acids is 1. The van der Waals surface area contributed by atoms with Crippen LogP contribution in [-0.4, -0.2) is 68.2 Å². The molecule has 0 bridgehead atoms. The Labute approximate surface area is 177 Å². The molecule has 2 fully saturated rings. The summed E-state index contributed by atoms with van der Waals surface area (Å²) in [4.78, 5) is 21.1. The molecule has 2 saturated heterocycles. The van der Waals surface area contributed by atoms with Crippen molar-refractivity contribution in [2.75, 3.05) is 51.8 Å². The molecule has 2 aliphatic heterocycles. The quantitative estimate of drug-likeness (QED) is 0.766. The normalized spacial score (nSPS) is 23.2. The van der Waals surface area contributed by atoms with Gasteiger partial charge in [-0.05, 0) is 48.9 Å². The van der Waals surface area contributed by atoms with Crippen LogP contribution in [0.25, 0.3) is 0 Å². The highest BCUT2D eigenvalue weighted by molar-refractivity contribution is 7.09. The van der Waals surface area contributed by atoms with E-state index in [1.807, 2.05) is 59.5 Å². The van der Waals surface area contributed by atoms with E-state index in [1.54, 1.807) is 0 Å². The van der Waals surface area contributed by atoms with Gasteiger partial charge in [-0.15, -0.1) is 11.3 Å². The lowest BCUT2D eigenvalue weighted by Crippen LogP contribution is -2.51. The van der Waals surface area contributed by atoms with Crippen molar-refractivity contribution in [1.29, 1.82) is 0 Å². The van der Waals surface area contributed by atoms with Gasteiger partial charge in [0.15, 0.2) is 0 Å². The van der Waals surface area contributed by atoms with Crippen molar-refractivity contribution in [1.82, 2.24) is 9.80 Å².